The highest BCUT2D eigenvalue weighted by Crippen LogP contribution is 2.21. The SMILES string of the molecule is CCCCCCCCCC(O)c1ccc2ccccc2n1. The minimum Gasteiger partial charge on any atom is -0.387 e. The van der Waals surface area contributed by atoms with Crippen molar-refractivity contribution in [3.63, 3.8) is 0 Å². The van der Waals surface area contributed by atoms with E-state index in [1.807, 2.05) is 30.3 Å². The predicted molar refractivity (Wildman–Crippen MR) is 89.3 cm³/mol. The van der Waals surface area contributed by atoms with Gasteiger partial charge in [-0.2, -0.15) is 0 Å². The van der Waals surface area contributed by atoms with Crippen molar-refractivity contribution in [1.82, 2.24) is 4.98 Å². The van der Waals surface area contributed by atoms with Gasteiger partial charge in [0.1, 0.15) is 0 Å². The van der Waals surface area contributed by atoms with E-state index in [1.165, 1.54) is 38.5 Å². The van der Waals surface area contributed by atoms with Crippen molar-refractivity contribution in [3.05, 3.63) is 42.1 Å². The quantitative estimate of drug-likeness (QED) is 0.625. The molecule has 1 N–H and O–H groups in total. The summed E-state index contributed by atoms with van der Waals surface area (Å²) in [7, 11) is 0. The largest absolute Gasteiger partial charge is 0.387 e. The van der Waals surface area contributed by atoms with Crippen LogP contribution in [0, 0.1) is 0 Å². The van der Waals surface area contributed by atoms with Crippen LogP contribution in [0.5, 0.6) is 0 Å². The molecule has 2 rings (SSSR count). The summed E-state index contributed by atoms with van der Waals surface area (Å²) in [4.78, 5) is 4.56. The molecule has 0 amide bonds. The molecule has 2 nitrogen and oxygen atoms in total. The second-order valence-corrected chi connectivity index (χ2v) is 5.85. The molecule has 2 heteroatoms. The van der Waals surface area contributed by atoms with Gasteiger partial charge in [-0.15, -0.1) is 0 Å². The van der Waals surface area contributed by atoms with Crippen molar-refractivity contribution in [2.75, 3.05) is 0 Å². The molecule has 2 aromatic rings. The molecule has 0 aliphatic rings. The Bertz CT molecular complexity index is 538. The zero-order valence-corrected chi connectivity index (χ0v) is 13.1. The Kier molecular flexibility index (Phi) is 6.68. The predicted octanol–water partition coefficient (Wildman–Crippen LogP) is 5.41. The van der Waals surface area contributed by atoms with E-state index >= 15 is 0 Å². The number of aliphatic hydroxyl groups is 1. The summed E-state index contributed by atoms with van der Waals surface area (Å²) in [6.45, 7) is 2.24. The highest BCUT2D eigenvalue weighted by Gasteiger charge is 2.09. The first kappa shape index (κ1) is 16.0. The van der Waals surface area contributed by atoms with Gasteiger partial charge in [-0.3, -0.25) is 4.98 Å². The summed E-state index contributed by atoms with van der Waals surface area (Å²) in [5.74, 6) is 0. The van der Waals surface area contributed by atoms with E-state index in [1.54, 1.807) is 0 Å². The lowest BCUT2D eigenvalue weighted by Gasteiger charge is -2.10. The molecule has 0 fully saturated rings. The van der Waals surface area contributed by atoms with Crippen LogP contribution in [0.15, 0.2) is 36.4 Å². The molecule has 114 valence electrons. The summed E-state index contributed by atoms with van der Waals surface area (Å²) in [5, 5.41) is 11.4. The van der Waals surface area contributed by atoms with E-state index in [0.717, 1.165) is 29.4 Å². The number of aromatic nitrogens is 1. The van der Waals surface area contributed by atoms with Gasteiger partial charge < -0.3 is 5.11 Å². The molecule has 0 aliphatic carbocycles. The fourth-order valence-corrected chi connectivity index (χ4v) is 2.71. The second kappa shape index (κ2) is 8.78. The monoisotopic (exact) mass is 285 g/mol. The van der Waals surface area contributed by atoms with E-state index in [-0.39, 0.29) is 0 Å². The third kappa shape index (κ3) is 5.13. The Labute approximate surface area is 128 Å². The van der Waals surface area contributed by atoms with Gasteiger partial charge in [0.2, 0.25) is 0 Å². The zero-order chi connectivity index (χ0) is 14.9. The fourth-order valence-electron chi connectivity index (χ4n) is 2.71. The van der Waals surface area contributed by atoms with Gasteiger partial charge in [0, 0.05) is 5.39 Å². The standard InChI is InChI=1S/C19H27NO/c1-2-3-4-5-6-7-8-13-19(21)18-15-14-16-11-9-10-12-17(16)20-18/h9-12,14-15,19,21H,2-8,13H2,1H3. The molecule has 21 heavy (non-hydrogen) atoms. The molecule has 0 saturated carbocycles. The van der Waals surface area contributed by atoms with E-state index in [9.17, 15) is 5.11 Å². The van der Waals surface area contributed by atoms with Crippen LogP contribution in [0.3, 0.4) is 0 Å². The van der Waals surface area contributed by atoms with Crippen molar-refractivity contribution >= 4 is 10.9 Å². The lowest BCUT2D eigenvalue weighted by Crippen LogP contribution is -2.00. The van der Waals surface area contributed by atoms with Crippen LogP contribution in [0.2, 0.25) is 0 Å². The number of unbranched alkanes of at least 4 members (excludes halogenated alkanes) is 6. The zero-order valence-electron chi connectivity index (χ0n) is 13.1. The molecule has 1 aromatic heterocycles. The van der Waals surface area contributed by atoms with Crippen LogP contribution >= 0.6 is 0 Å². The van der Waals surface area contributed by atoms with E-state index in [4.69, 9.17) is 0 Å². The van der Waals surface area contributed by atoms with Crippen LogP contribution in [0.4, 0.5) is 0 Å². The number of aliphatic hydroxyl groups excluding tert-OH is 1. The maximum Gasteiger partial charge on any atom is 0.0960 e. The van der Waals surface area contributed by atoms with Gasteiger partial charge in [0.25, 0.3) is 0 Å². The summed E-state index contributed by atoms with van der Waals surface area (Å²) < 4.78 is 0. The lowest BCUT2D eigenvalue weighted by molar-refractivity contribution is 0.159. The van der Waals surface area contributed by atoms with Gasteiger partial charge >= 0.3 is 0 Å². The van der Waals surface area contributed by atoms with E-state index in [0.29, 0.717) is 0 Å². The van der Waals surface area contributed by atoms with Crippen molar-refractivity contribution in [1.29, 1.82) is 0 Å². The first-order valence-corrected chi connectivity index (χ1v) is 8.35. The van der Waals surface area contributed by atoms with Gasteiger partial charge in [-0.25, -0.2) is 0 Å². The fraction of sp³-hybridized carbons (Fsp3) is 0.526. The molecule has 1 unspecified atom stereocenters. The Balaban J connectivity index is 1.75. The maximum atomic E-state index is 10.3. The highest BCUT2D eigenvalue weighted by molar-refractivity contribution is 5.78. The number of hydrogen-bond donors (Lipinski definition) is 1. The van der Waals surface area contributed by atoms with Crippen molar-refractivity contribution in [2.45, 2.75) is 64.4 Å². The number of benzene rings is 1. The maximum absolute atomic E-state index is 10.3. The third-order valence-electron chi connectivity index (χ3n) is 4.04. The Hall–Kier alpha value is -1.41. The number of hydrogen-bond acceptors (Lipinski definition) is 2. The van der Waals surface area contributed by atoms with Crippen molar-refractivity contribution in [2.24, 2.45) is 0 Å². The van der Waals surface area contributed by atoms with E-state index in [2.05, 4.69) is 18.0 Å². The molecular formula is C19H27NO. The number of para-hydroxylation sites is 1. The molecular weight excluding hydrogens is 258 g/mol. The van der Waals surface area contributed by atoms with Crippen LogP contribution in [0.1, 0.15) is 70.1 Å². The molecule has 0 saturated heterocycles. The Morgan fingerprint density at radius 3 is 2.43 bits per heavy atom. The summed E-state index contributed by atoms with van der Waals surface area (Å²) in [5.41, 5.74) is 1.77. The molecule has 1 aromatic carbocycles. The van der Waals surface area contributed by atoms with Crippen LogP contribution in [-0.2, 0) is 0 Å². The van der Waals surface area contributed by atoms with Gasteiger partial charge in [-0.1, -0.05) is 76.1 Å². The molecule has 1 heterocycles. The topological polar surface area (TPSA) is 33.1 Å². The van der Waals surface area contributed by atoms with E-state index < -0.39 is 6.10 Å². The summed E-state index contributed by atoms with van der Waals surface area (Å²) in [6.07, 6.45) is 9.32. The van der Waals surface area contributed by atoms with Crippen molar-refractivity contribution < 1.29 is 5.11 Å². The lowest BCUT2D eigenvalue weighted by atomic mass is 10.0. The Morgan fingerprint density at radius 2 is 1.62 bits per heavy atom. The second-order valence-electron chi connectivity index (χ2n) is 5.85. The smallest absolute Gasteiger partial charge is 0.0960 e. The number of nitrogens with zero attached hydrogens (tertiary/aromatic N) is 1. The van der Waals surface area contributed by atoms with Crippen LogP contribution in [-0.4, -0.2) is 10.1 Å². The molecule has 0 aliphatic heterocycles. The minimum absolute atomic E-state index is 0.426. The first-order valence-electron chi connectivity index (χ1n) is 8.35. The average Bonchev–Trinajstić information content (AvgIpc) is 2.53. The molecule has 0 radical (unpaired) electrons. The van der Waals surface area contributed by atoms with Crippen molar-refractivity contribution in [3.8, 4) is 0 Å². The highest BCUT2D eigenvalue weighted by atomic mass is 16.3. The normalized spacial score (nSPS) is 12.7. The third-order valence-corrected chi connectivity index (χ3v) is 4.04. The number of fused-ring (bicyclic) bond motifs is 1. The van der Waals surface area contributed by atoms with Crippen LogP contribution < -0.4 is 0 Å². The average molecular weight is 285 g/mol. The number of pyridine rings is 1. The molecule has 1 atom stereocenters. The Morgan fingerprint density at radius 1 is 0.905 bits per heavy atom. The van der Waals surface area contributed by atoms with Gasteiger partial charge in [0.05, 0.1) is 17.3 Å². The summed E-state index contributed by atoms with van der Waals surface area (Å²) >= 11 is 0. The molecule has 0 spiro atoms. The molecule has 0 bridgehead atoms. The number of rotatable bonds is 9. The van der Waals surface area contributed by atoms with Gasteiger partial charge in [-0.05, 0) is 18.6 Å². The summed E-state index contributed by atoms with van der Waals surface area (Å²) in [6, 6.07) is 12.1. The van der Waals surface area contributed by atoms with Crippen LogP contribution in [0.25, 0.3) is 10.9 Å². The minimum atomic E-state index is -0.426. The first-order chi connectivity index (χ1) is 10.3. The van der Waals surface area contributed by atoms with Gasteiger partial charge in [0.15, 0.2) is 0 Å².